The van der Waals surface area contributed by atoms with Crippen LogP contribution in [-0.2, 0) is 4.79 Å². The summed E-state index contributed by atoms with van der Waals surface area (Å²) in [4.78, 5) is 12.4. The van der Waals surface area contributed by atoms with Crippen LogP contribution in [0.2, 0.25) is 5.02 Å². The number of ether oxygens (including phenoxy) is 2. The van der Waals surface area contributed by atoms with Crippen LogP contribution in [0.1, 0.15) is 45.1 Å². The first-order valence-electron chi connectivity index (χ1n) is 10.2. The van der Waals surface area contributed by atoms with Crippen molar-refractivity contribution in [1.29, 1.82) is 5.26 Å². The third-order valence-corrected chi connectivity index (χ3v) is 4.55. The van der Waals surface area contributed by atoms with Gasteiger partial charge >= 0.3 is 0 Å². The third kappa shape index (κ3) is 7.46. The van der Waals surface area contributed by atoms with Crippen molar-refractivity contribution >= 4 is 29.3 Å². The molecule has 0 aliphatic carbocycles. The van der Waals surface area contributed by atoms with Crippen molar-refractivity contribution in [3.8, 4) is 17.6 Å². The molecule has 0 aliphatic rings. The zero-order chi connectivity index (χ0) is 21.8. The van der Waals surface area contributed by atoms with E-state index in [1.54, 1.807) is 36.4 Å². The van der Waals surface area contributed by atoms with Gasteiger partial charge in [-0.3, -0.25) is 4.79 Å². The molecule has 2 aromatic carbocycles. The quantitative estimate of drug-likeness (QED) is 0.262. The number of carbonyl (C=O) groups is 1. The second kappa shape index (κ2) is 12.6. The lowest BCUT2D eigenvalue weighted by molar-refractivity contribution is -0.112. The average molecular weight is 427 g/mol. The number of nitriles is 1. The maximum Gasteiger partial charge on any atom is 0.266 e. The van der Waals surface area contributed by atoms with E-state index >= 15 is 0 Å². The highest BCUT2D eigenvalue weighted by molar-refractivity contribution is 6.30. The van der Waals surface area contributed by atoms with Gasteiger partial charge in [0.2, 0.25) is 0 Å². The number of anilines is 1. The Balaban J connectivity index is 2.12. The Morgan fingerprint density at radius 2 is 1.83 bits per heavy atom. The van der Waals surface area contributed by atoms with Gasteiger partial charge in [-0.25, -0.2) is 0 Å². The van der Waals surface area contributed by atoms with Gasteiger partial charge < -0.3 is 14.8 Å². The Morgan fingerprint density at radius 3 is 2.50 bits per heavy atom. The van der Waals surface area contributed by atoms with Gasteiger partial charge in [-0.1, -0.05) is 43.9 Å². The van der Waals surface area contributed by atoms with Gasteiger partial charge in [0.05, 0.1) is 13.2 Å². The highest BCUT2D eigenvalue weighted by Gasteiger charge is 2.11. The molecule has 2 rings (SSSR count). The van der Waals surface area contributed by atoms with Gasteiger partial charge in [-0.15, -0.1) is 0 Å². The van der Waals surface area contributed by atoms with E-state index in [9.17, 15) is 10.1 Å². The van der Waals surface area contributed by atoms with E-state index in [0.717, 1.165) is 12.8 Å². The summed E-state index contributed by atoms with van der Waals surface area (Å²) >= 11 is 5.85. The number of carbonyl (C=O) groups excluding carboxylic acids is 1. The molecule has 6 heteroatoms. The third-order valence-electron chi connectivity index (χ3n) is 4.30. The fourth-order valence-corrected chi connectivity index (χ4v) is 2.89. The van der Waals surface area contributed by atoms with Gasteiger partial charge in [0.25, 0.3) is 5.91 Å². The van der Waals surface area contributed by atoms with E-state index < -0.39 is 5.91 Å². The topological polar surface area (TPSA) is 71.3 Å². The van der Waals surface area contributed by atoms with Crippen molar-refractivity contribution in [1.82, 2.24) is 0 Å². The highest BCUT2D eigenvalue weighted by atomic mass is 35.5. The SMILES string of the molecule is CCCCCCOc1ccc(/C=C(/C#N)C(=O)Nc2ccc(Cl)cc2)cc1OCC. The molecule has 0 saturated heterocycles. The average Bonchev–Trinajstić information content (AvgIpc) is 2.75. The highest BCUT2D eigenvalue weighted by Crippen LogP contribution is 2.30. The standard InChI is InChI=1S/C24H27ClN2O3/c1-3-5-6-7-14-30-22-13-8-18(16-23(22)29-4-2)15-19(17-26)24(28)27-21-11-9-20(25)10-12-21/h8-13,15-16H,3-7,14H2,1-2H3,(H,27,28)/b19-15-. The summed E-state index contributed by atoms with van der Waals surface area (Å²) in [6, 6.07) is 14.0. The minimum absolute atomic E-state index is 0.0133. The molecule has 158 valence electrons. The molecular formula is C24H27ClN2O3. The lowest BCUT2D eigenvalue weighted by Gasteiger charge is -2.13. The summed E-state index contributed by atoms with van der Waals surface area (Å²) in [6.07, 6.45) is 6.03. The second-order valence-electron chi connectivity index (χ2n) is 6.68. The van der Waals surface area contributed by atoms with Gasteiger partial charge in [-0.2, -0.15) is 5.26 Å². The van der Waals surface area contributed by atoms with Crippen LogP contribution < -0.4 is 14.8 Å². The molecule has 0 aromatic heterocycles. The minimum Gasteiger partial charge on any atom is -0.490 e. The van der Waals surface area contributed by atoms with Crippen LogP contribution in [0.3, 0.4) is 0 Å². The predicted molar refractivity (Wildman–Crippen MR) is 121 cm³/mol. The predicted octanol–water partition coefficient (Wildman–Crippen LogP) is 6.24. The molecule has 0 heterocycles. The molecule has 0 spiro atoms. The van der Waals surface area contributed by atoms with Gasteiger partial charge in [0.15, 0.2) is 11.5 Å². The van der Waals surface area contributed by atoms with Crippen LogP contribution in [-0.4, -0.2) is 19.1 Å². The number of nitrogens with zero attached hydrogens (tertiary/aromatic N) is 1. The number of halogens is 1. The first-order chi connectivity index (χ1) is 14.6. The molecule has 0 bridgehead atoms. The molecule has 0 fully saturated rings. The molecule has 0 saturated carbocycles. The van der Waals surface area contributed by atoms with Gasteiger partial charge in [-0.05, 0) is 61.4 Å². The van der Waals surface area contributed by atoms with Crippen molar-refractivity contribution in [2.45, 2.75) is 39.5 Å². The molecule has 0 atom stereocenters. The van der Waals surface area contributed by atoms with E-state index in [4.69, 9.17) is 21.1 Å². The van der Waals surface area contributed by atoms with E-state index in [1.165, 1.54) is 18.9 Å². The van der Waals surface area contributed by atoms with Crippen LogP contribution in [0.5, 0.6) is 11.5 Å². The van der Waals surface area contributed by atoms with Crippen LogP contribution >= 0.6 is 11.6 Å². The van der Waals surface area contributed by atoms with E-state index in [-0.39, 0.29) is 5.57 Å². The van der Waals surface area contributed by atoms with Crippen LogP contribution in [0.4, 0.5) is 5.69 Å². The van der Waals surface area contributed by atoms with Crippen molar-refractivity contribution in [2.24, 2.45) is 0 Å². The zero-order valence-corrected chi connectivity index (χ0v) is 18.2. The second-order valence-corrected chi connectivity index (χ2v) is 7.12. The molecule has 30 heavy (non-hydrogen) atoms. The number of hydrogen-bond donors (Lipinski definition) is 1. The number of rotatable bonds is 11. The van der Waals surface area contributed by atoms with E-state index in [0.29, 0.717) is 41.0 Å². The maximum absolute atomic E-state index is 12.4. The Morgan fingerprint density at radius 1 is 1.07 bits per heavy atom. The Labute approximate surface area is 183 Å². The number of benzene rings is 2. The number of hydrogen-bond acceptors (Lipinski definition) is 4. The van der Waals surface area contributed by atoms with Crippen LogP contribution in [0, 0.1) is 11.3 Å². The Kier molecular flexibility index (Phi) is 9.76. The fraction of sp³-hybridized carbons (Fsp3) is 0.333. The molecule has 0 radical (unpaired) electrons. The van der Waals surface area contributed by atoms with Crippen molar-refractivity contribution < 1.29 is 14.3 Å². The molecule has 0 aliphatic heterocycles. The number of unbranched alkanes of at least 4 members (excludes halogenated alkanes) is 3. The summed E-state index contributed by atoms with van der Waals surface area (Å²) in [5, 5.41) is 12.7. The molecule has 1 amide bonds. The summed E-state index contributed by atoms with van der Waals surface area (Å²) in [7, 11) is 0. The van der Waals surface area contributed by atoms with Crippen LogP contribution in [0.15, 0.2) is 48.0 Å². The zero-order valence-electron chi connectivity index (χ0n) is 17.4. The largest absolute Gasteiger partial charge is 0.490 e. The molecule has 0 unspecified atom stereocenters. The molecule has 2 aromatic rings. The van der Waals surface area contributed by atoms with Crippen molar-refractivity contribution in [3.05, 3.63) is 58.6 Å². The fourth-order valence-electron chi connectivity index (χ4n) is 2.76. The summed E-state index contributed by atoms with van der Waals surface area (Å²) < 4.78 is 11.5. The van der Waals surface area contributed by atoms with Gasteiger partial charge in [0.1, 0.15) is 11.6 Å². The lowest BCUT2D eigenvalue weighted by atomic mass is 10.1. The van der Waals surface area contributed by atoms with Gasteiger partial charge in [0, 0.05) is 10.7 Å². The minimum atomic E-state index is -0.492. The van der Waals surface area contributed by atoms with E-state index in [1.807, 2.05) is 19.1 Å². The lowest BCUT2D eigenvalue weighted by Crippen LogP contribution is -2.13. The molecule has 5 nitrogen and oxygen atoms in total. The first-order valence-corrected chi connectivity index (χ1v) is 10.5. The summed E-state index contributed by atoms with van der Waals surface area (Å²) in [5.41, 5.74) is 1.23. The first kappa shape index (κ1) is 23.3. The summed E-state index contributed by atoms with van der Waals surface area (Å²) in [6.45, 7) is 5.18. The normalized spacial score (nSPS) is 10.9. The monoisotopic (exact) mass is 426 g/mol. The number of amides is 1. The van der Waals surface area contributed by atoms with E-state index in [2.05, 4.69) is 12.2 Å². The van der Waals surface area contributed by atoms with Crippen molar-refractivity contribution in [2.75, 3.05) is 18.5 Å². The van der Waals surface area contributed by atoms with Crippen LogP contribution in [0.25, 0.3) is 6.08 Å². The Hall–Kier alpha value is -2.97. The molecular weight excluding hydrogens is 400 g/mol. The number of nitrogens with one attached hydrogen (secondary N) is 1. The summed E-state index contributed by atoms with van der Waals surface area (Å²) in [5.74, 6) is 0.765. The molecule has 1 N–H and O–H groups in total. The Bertz CT molecular complexity index is 902. The smallest absolute Gasteiger partial charge is 0.266 e. The maximum atomic E-state index is 12.4. The van der Waals surface area contributed by atoms with Crippen molar-refractivity contribution in [3.63, 3.8) is 0 Å².